The van der Waals surface area contributed by atoms with Crippen LogP contribution < -0.4 is 16.0 Å². The first-order valence-electron chi connectivity index (χ1n) is 5.85. The smallest absolute Gasteiger partial charge is 0.236 e. The summed E-state index contributed by atoms with van der Waals surface area (Å²) in [6, 6.07) is 6.26. The molecule has 0 bridgehead atoms. The Hall–Kier alpha value is -1.55. The van der Waals surface area contributed by atoms with E-state index in [2.05, 4.69) is 30.4 Å². The van der Waals surface area contributed by atoms with Crippen LogP contribution in [-0.4, -0.2) is 26.0 Å². The van der Waals surface area contributed by atoms with Gasteiger partial charge in [0.1, 0.15) is 0 Å². The predicted octanol–water partition coefficient (Wildman–Crippen LogP) is 1.03. The summed E-state index contributed by atoms with van der Waals surface area (Å²) in [7, 11) is 1.93. The van der Waals surface area contributed by atoms with Crippen molar-refractivity contribution in [2.24, 2.45) is 5.73 Å². The first-order valence-corrected chi connectivity index (χ1v) is 5.85. The van der Waals surface area contributed by atoms with Gasteiger partial charge in [-0.15, -0.1) is 0 Å². The van der Waals surface area contributed by atoms with Crippen LogP contribution in [0.1, 0.15) is 18.1 Å². The molecule has 17 heavy (non-hydrogen) atoms. The molecule has 0 aliphatic rings. The maximum Gasteiger partial charge on any atom is 0.236 e. The van der Waals surface area contributed by atoms with E-state index < -0.39 is 0 Å². The molecule has 0 atom stereocenters. The SMILES string of the molecule is CCN(CC(N)=O)c1ccc(CNC)cc1C. The Morgan fingerprint density at radius 3 is 2.65 bits per heavy atom. The van der Waals surface area contributed by atoms with Crippen LogP contribution in [-0.2, 0) is 11.3 Å². The van der Waals surface area contributed by atoms with Crippen LogP contribution >= 0.6 is 0 Å². The van der Waals surface area contributed by atoms with E-state index in [0.717, 1.165) is 18.8 Å². The van der Waals surface area contributed by atoms with Crippen molar-refractivity contribution in [2.45, 2.75) is 20.4 Å². The molecular weight excluding hydrogens is 214 g/mol. The van der Waals surface area contributed by atoms with Gasteiger partial charge in [-0.2, -0.15) is 0 Å². The number of primary amides is 1. The highest BCUT2D eigenvalue weighted by atomic mass is 16.1. The number of amides is 1. The molecule has 0 fully saturated rings. The Balaban J connectivity index is 2.92. The number of carbonyl (C=O) groups excluding carboxylic acids is 1. The predicted molar refractivity (Wildman–Crippen MR) is 71.0 cm³/mol. The zero-order valence-electron chi connectivity index (χ0n) is 10.8. The first-order chi connectivity index (χ1) is 8.08. The number of hydrogen-bond acceptors (Lipinski definition) is 3. The van der Waals surface area contributed by atoms with Crippen molar-refractivity contribution in [3.8, 4) is 0 Å². The second-order valence-corrected chi connectivity index (χ2v) is 4.13. The fourth-order valence-electron chi connectivity index (χ4n) is 1.94. The van der Waals surface area contributed by atoms with Crippen molar-refractivity contribution < 1.29 is 4.79 Å². The molecule has 94 valence electrons. The van der Waals surface area contributed by atoms with Gasteiger partial charge in [0.2, 0.25) is 5.91 Å². The zero-order valence-corrected chi connectivity index (χ0v) is 10.8. The fourth-order valence-corrected chi connectivity index (χ4v) is 1.94. The summed E-state index contributed by atoms with van der Waals surface area (Å²) < 4.78 is 0. The van der Waals surface area contributed by atoms with Crippen LogP contribution in [0.15, 0.2) is 18.2 Å². The Bertz CT molecular complexity index is 390. The lowest BCUT2D eigenvalue weighted by Gasteiger charge is -2.23. The molecule has 0 aliphatic carbocycles. The minimum Gasteiger partial charge on any atom is -0.368 e. The van der Waals surface area contributed by atoms with E-state index in [1.807, 2.05) is 18.9 Å². The molecule has 0 unspecified atom stereocenters. The highest BCUT2D eigenvalue weighted by molar-refractivity contribution is 5.79. The van der Waals surface area contributed by atoms with E-state index in [1.54, 1.807) is 0 Å². The van der Waals surface area contributed by atoms with Gasteiger partial charge in [-0.25, -0.2) is 0 Å². The number of anilines is 1. The first kappa shape index (κ1) is 13.5. The third-order valence-corrected chi connectivity index (χ3v) is 2.71. The maximum atomic E-state index is 11.0. The van der Waals surface area contributed by atoms with Crippen LogP contribution in [0.25, 0.3) is 0 Å². The highest BCUT2D eigenvalue weighted by Gasteiger charge is 2.10. The lowest BCUT2D eigenvalue weighted by Crippen LogP contribution is -2.34. The summed E-state index contributed by atoms with van der Waals surface area (Å²) in [5, 5.41) is 3.12. The Morgan fingerprint density at radius 1 is 1.47 bits per heavy atom. The standard InChI is InChI=1S/C13H21N3O/c1-4-16(9-13(14)17)12-6-5-11(8-15-3)7-10(12)2/h5-7,15H,4,8-9H2,1-3H3,(H2,14,17). The summed E-state index contributed by atoms with van der Waals surface area (Å²) in [5.74, 6) is -0.300. The third-order valence-electron chi connectivity index (χ3n) is 2.71. The number of hydrogen-bond donors (Lipinski definition) is 2. The number of nitrogens with zero attached hydrogens (tertiary/aromatic N) is 1. The molecule has 1 amide bonds. The minimum atomic E-state index is -0.300. The van der Waals surface area contributed by atoms with Crippen LogP contribution in [0.5, 0.6) is 0 Å². The maximum absolute atomic E-state index is 11.0. The topological polar surface area (TPSA) is 58.4 Å². The van der Waals surface area contributed by atoms with Gasteiger partial charge in [-0.1, -0.05) is 12.1 Å². The van der Waals surface area contributed by atoms with E-state index in [0.29, 0.717) is 0 Å². The summed E-state index contributed by atoms with van der Waals surface area (Å²) >= 11 is 0. The van der Waals surface area contributed by atoms with E-state index in [9.17, 15) is 4.79 Å². The number of nitrogens with one attached hydrogen (secondary N) is 1. The molecule has 0 radical (unpaired) electrons. The monoisotopic (exact) mass is 235 g/mol. The summed E-state index contributed by atoms with van der Waals surface area (Å²) in [6.07, 6.45) is 0. The van der Waals surface area contributed by atoms with Gasteiger partial charge in [0.25, 0.3) is 0 Å². The molecule has 0 aliphatic heterocycles. The number of benzene rings is 1. The number of aryl methyl sites for hydroxylation is 1. The average Bonchev–Trinajstić information content (AvgIpc) is 2.27. The van der Waals surface area contributed by atoms with Crippen molar-refractivity contribution in [1.29, 1.82) is 0 Å². The Morgan fingerprint density at radius 2 is 2.18 bits per heavy atom. The molecule has 1 aromatic carbocycles. The van der Waals surface area contributed by atoms with E-state index in [-0.39, 0.29) is 12.5 Å². The summed E-state index contributed by atoms with van der Waals surface area (Å²) in [6.45, 7) is 5.96. The van der Waals surface area contributed by atoms with Gasteiger partial charge in [-0.05, 0) is 38.1 Å². The normalized spacial score (nSPS) is 10.3. The summed E-state index contributed by atoms with van der Waals surface area (Å²) in [4.78, 5) is 13.0. The van der Waals surface area contributed by atoms with Crippen molar-refractivity contribution in [3.63, 3.8) is 0 Å². The largest absolute Gasteiger partial charge is 0.368 e. The minimum absolute atomic E-state index is 0.267. The van der Waals surface area contributed by atoms with E-state index >= 15 is 0 Å². The molecular formula is C13H21N3O. The molecule has 4 heteroatoms. The molecule has 3 N–H and O–H groups in total. The lowest BCUT2D eigenvalue weighted by atomic mass is 10.1. The van der Waals surface area contributed by atoms with Gasteiger partial charge in [0, 0.05) is 18.8 Å². The quantitative estimate of drug-likeness (QED) is 0.774. The number of carbonyl (C=O) groups is 1. The zero-order chi connectivity index (χ0) is 12.8. The second-order valence-electron chi connectivity index (χ2n) is 4.13. The van der Waals surface area contributed by atoms with Crippen molar-refractivity contribution in [1.82, 2.24) is 5.32 Å². The van der Waals surface area contributed by atoms with Gasteiger partial charge in [0.05, 0.1) is 6.54 Å². The number of nitrogens with two attached hydrogens (primary N) is 1. The fraction of sp³-hybridized carbons (Fsp3) is 0.462. The van der Waals surface area contributed by atoms with E-state index in [4.69, 9.17) is 5.73 Å². The number of likely N-dealkylation sites (N-methyl/N-ethyl adjacent to an activating group) is 1. The van der Waals surface area contributed by atoms with Crippen molar-refractivity contribution >= 4 is 11.6 Å². The van der Waals surface area contributed by atoms with Crippen molar-refractivity contribution in [2.75, 3.05) is 25.0 Å². The molecule has 1 aromatic rings. The second kappa shape index (κ2) is 6.25. The number of rotatable bonds is 6. The van der Waals surface area contributed by atoms with E-state index in [1.165, 1.54) is 11.1 Å². The molecule has 0 saturated carbocycles. The summed E-state index contributed by atoms with van der Waals surface area (Å²) in [5.41, 5.74) is 8.73. The molecule has 4 nitrogen and oxygen atoms in total. The molecule has 0 spiro atoms. The molecule has 1 rings (SSSR count). The Labute approximate surface area is 103 Å². The molecule has 0 heterocycles. The van der Waals surface area contributed by atoms with Crippen LogP contribution in [0.4, 0.5) is 5.69 Å². The van der Waals surface area contributed by atoms with Crippen molar-refractivity contribution in [3.05, 3.63) is 29.3 Å². The van der Waals surface area contributed by atoms with Gasteiger partial charge in [0.15, 0.2) is 0 Å². The third kappa shape index (κ3) is 3.75. The van der Waals surface area contributed by atoms with Crippen LogP contribution in [0, 0.1) is 6.92 Å². The highest BCUT2D eigenvalue weighted by Crippen LogP contribution is 2.21. The van der Waals surface area contributed by atoms with Crippen LogP contribution in [0.2, 0.25) is 0 Å². The average molecular weight is 235 g/mol. The van der Waals surface area contributed by atoms with Gasteiger partial charge >= 0.3 is 0 Å². The van der Waals surface area contributed by atoms with Crippen LogP contribution in [0.3, 0.4) is 0 Å². The lowest BCUT2D eigenvalue weighted by molar-refractivity contribution is -0.116. The van der Waals surface area contributed by atoms with Gasteiger partial charge < -0.3 is 16.0 Å². The molecule has 0 saturated heterocycles. The van der Waals surface area contributed by atoms with Gasteiger partial charge in [-0.3, -0.25) is 4.79 Å². The Kier molecular flexibility index (Phi) is 4.97. The molecule has 0 aromatic heterocycles.